The number of fused-ring (bicyclic) bond motifs is 1. The Morgan fingerprint density at radius 2 is 1.72 bits per heavy atom. The van der Waals surface area contributed by atoms with Gasteiger partial charge in [0.05, 0.1) is 6.20 Å². The normalized spacial score (nSPS) is 11.7. The zero-order valence-corrected chi connectivity index (χ0v) is 14.5. The second-order valence-electron chi connectivity index (χ2n) is 5.38. The molecule has 0 fully saturated rings. The lowest BCUT2D eigenvalue weighted by Crippen LogP contribution is -2.12. The van der Waals surface area contributed by atoms with Gasteiger partial charge in [0.1, 0.15) is 9.90 Å². The number of benzene rings is 2. The molecule has 0 amide bonds. The minimum atomic E-state index is -3.86. The van der Waals surface area contributed by atoms with E-state index in [-0.39, 0.29) is 15.7 Å². The van der Waals surface area contributed by atoms with Crippen LogP contribution in [0.15, 0.2) is 71.1 Å². The van der Waals surface area contributed by atoms with Crippen LogP contribution in [0.1, 0.15) is 10.5 Å². The average Bonchev–Trinajstić information content (AvgIpc) is 3.27. The van der Waals surface area contributed by atoms with Crippen molar-refractivity contribution in [3.63, 3.8) is 0 Å². The molecule has 0 unspecified atom stereocenters. The van der Waals surface area contributed by atoms with E-state index < -0.39 is 10.0 Å². The summed E-state index contributed by atoms with van der Waals surface area (Å²) in [7, 11) is -3.86. The van der Waals surface area contributed by atoms with Crippen LogP contribution in [0.25, 0.3) is 21.5 Å². The second-order valence-corrected chi connectivity index (χ2v) is 8.50. The highest BCUT2D eigenvalue weighted by Crippen LogP contribution is 2.32. The number of carbonyl (C=O) groups excluding carboxylic acids is 1. The van der Waals surface area contributed by atoms with Gasteiger partial charge in [-0.3, -0.25) is 4.79 Å². The van der Waals surface area contributed by atoms with Crippen LogP contribution < -0.4 is 0 Å². The summed E-state index contributed by atoms with van der Waals surface area (Å²) in [6.07, 6.45) is 1.80. The molecule has 25 heavy (non-hydrogen) atoms. The Bertz CT molecular complexity index is 1140. The minimum absolute atomic E-state index is 0.0727. The molecule has 0 N–H and O–H groups in total. The molecule has 0 radical (unpaired) electrons. The van der Waals surface area contributed by atoms with Crippen LogP contribution in [0.5, 0.6) is 0 Å². The fourth-order valence-corrected chi connectivity index (χ4v) is 5.40. The predicted octanol–water partition coefficient (Wildman–Crippen LogP) is 3.81. The van der Waals surface area contributed by atoms with E-state index >= 15 is 0 Å². The van der Waals surface area contributed by atoms with Gasteiger partial charge in [-0.2, -0.15) is 8.42 Å². The monoisotopic (exact) mass is 368 g/mol. The maximum Gasteiger partial charge on any atom is 0.278 e. The molecule has 0 aliphatic rings. The van der Waals surface area contributed by atoms with Crippen molar-refractivity contribution in [3.8, 4) is 11.4 Å². The number of hydrogen-bond acceptors (Lipinski definition) is 5. The molecule has 0 spiro atoms. The van der Waals surface area contributed by atoms with Crippen LogP contribution >= 0.6 is 11.3 Å². The summed E-state index contributed by atoms with van der Waals surface area (Å²) in [5, 5.41) is 0.864. The maximum atomic E-state index is 13.1. The number of rotatable bonds is 4. The van der Waals surface area contributed by atoms with Crippen molar-refractivity contribution >= 4 is 37.7 Å². The average molecular weight is 368 g/mol. The molecule has 0 aliphatic carbocycles. The lowest BCUT2D eigenvalue weighted by Gasteiger charge is -2.07. The van der Waals surface area contributed by atoms with E-state index in [9.17, 15) is 13.2 Å². The van der Waals surface area contributed by atoms with E-state index in [1.807, 2.05) is 30.3 Å². The van der Waals surface area contributed by atoms with Crippen LogP contribution in [0, 0.1) is 0 Å². The highest BCUT2D eigenvalue weighted by molar-refractivity contribution is 7.92. The van der Waals surface area contributed by atoms with Gasteiger partial charge in [0.2, 0.25) is 0 Å². The summed E-state index contributed by atoms with van der Waals surface area (Å²) < 4.78 is 28.5. The number of aromatic nitrogens is 2. The van der Waals surface area contributed by atoms with Gasteiger partial charge >= 0.3 is 0 Å². The Balaban J connectivity index is 1.93. The molecule has 4 aromatic rings. The topological polar surface area (TPSA) is 69.0 Å². The van der Waals surface area contributed by atoms with Gasteiger partial charge in [-0.25, -0.2) is 8.96 Å². The summed E-state index contributed by atoms with van der Waals surface area (Å²) in [5.74, 6) is 0.222. The summed E-state index contributed by atoms with van der Waals surface area (Å²) in [6, 6.07) is 18.1. The van der Waals surface area contributed by atoms with E-state index in [1.54, 1.807) is 30.3 Å². The highest BCUT2D eigenvalue weighted by Gasteiger charge is 2.25. The van der Waals surface area contributed by atoms with Crippen molar-refractivity contribution in [1.82, 2.24) is 8.96 Å². The fourth-order valence-electron chi connectivity index (χ4n) is 2.58. The van der Waals surface area contributed by atoms with Crippen LogP contribution in [-0.2, 0) is 10.0 Å². The van der Waals surface area contributed by atoms with E-state index in [2.05, 4.69) is 4.98 Å². The smallest absolute Gasteiger partial charge is 0.278 e. The van der Waals surface area contributed by atoms with Gasteiger partial charge in [0.25, 0.3) is 10.0 Å². The first-order valence-electron chi connectivity index (χ1n) is 7.44. The fraction of sp³-hybridized carbons (Fsp3) is 0. The zero-order chi connectivity index (χ0) is 17.4. The number of thiophene rings is 1. The van der Waals surface area contributed by atoms with Crippen molar-refractivity contribution in [3.05, 3.63) is 72.6 Å². The zero-order valence-electron chi connectivity index (χ0n) is 12.9. The summed E-state index contributed by atoms with van der Waals surface area (Å²) >= 11 is 1.19. The number of imidazole rings is 1. The summed E-state index contributed by atoms with van der Waals surface area (Å²) in [6.45, 7) is 0. The maximum absolute atomic E-state index is 13.1. The molecule has 0 aliphatic heterocycles. The number of nitrogens with zero attached hydrogens (tertiary/aromatic N) is 2. The number of hydrogen-bond donors (Lipinski definition) is 0. The molecular weight excluding hydrogens is 356 g/mol. The van der Waals surface area contributed by atoms with Crippen LogP contribution in [0.2, 0.25) is 0 Å². The molecule has 0 saturated carbocycles. The molecule has 2 aromatic heterocycles. The third kappa shape index (κ3) is 2.67. The van der Waals surface area contributed by atoms with Crippen molar-refractivity contribution < 1.29 is 13.2 Å². The number of carbonyl (C=O) groups is 1. The van der Waals surface area contributed by atoms with Crippen molar-refractivity contribution in [2.75, 3.05) is 0 Å². The third-order valence-electron chi connectivity index (χ3n) is 3.76. The van der Waals surface area contributed by atoms with Crippen molar-refractivity contribution in [2.24, 2.45) is 0 Å². The van der Waals surface area contributed by atoms with Gasteiger partial charge in [-0.15, -0.1) is 11.3 Å². The molecule has 4 rings (SSSR count). The SMILES string of the molecule is O=Cc1cn(S(=O)(=O)c2cc3ccccc3s2)c(-c2ccccc2)n1. The largest absolute Gasteiger partial charge is 0.296 e. The molecule has 0 bridgehead atoms. The Labute approximate surface area is 148 Å². The van der Waals surface area contributed by atoms with Gasteiger partial charge in [0.15, 0.2) is 12.1 Å². The molecule has 2 aromatic carbocycles. The molecule has 0 saturated heterocycles. The van der Waals surface area contributed by atoms with Crippen molar-refractivity contribution in [2.45, 2.75) is 4.21 Å². The molecule has 2 heterocycles. The number of aldehydes is 1. The van der Waals surface area contributed by atoms with Crippen LogP contribution in [0.4, 0.5) is 0 Å². The Hall–Kier alpha value is -2.77. The van der Waals surface area contributed by atoms with Gasteiger partial charge in [-0.05, 0) is 17.5 Å². The first-order valence-corrected chi connectivity index (χ1v) is 9.69. The van der Waals surface area contributed by atoms with E-state index in [0.717, 1.165) is 14.1 Å². The predicted molar refractivity (Wildman–Crippen MR) is 97.5 cm³/mol. The van der Waals surface area contributed by atoms with Crippen LogP contribution in [0.3, 0.4) is 0 Å². The molecular formula is C18H12N2O3S2. The standard InChI is InChI=1S/C18H12N2O3S2/c21-12-15-11-20(18(19-15)13-6-2-1-3-7-13)25(22,23)17-10-14-8-4-5-9-16(14)24-17/h1-12H. The quantitative estimate of drug-likeness (QED) is 0.514. The summed E-state index contributed by atoms with van der Waals surface area (Å²) in [5.41, 5.74) is 0.698. The minimum Gasteiger partial charge on any atom is -0.296 e. The van der Waals surface area contributed by atoms with Crippen LogP contribution in [-0.4, -0.2) is 23.7 Å². The third-order valence-corrected chi connectivity index (χ3v) is 6.98. The highest BCUT2D eigenvalue weighted by atomic mass is 32.2. The second kappa shape index (κ2) is 5.94. The summed E-state index contributed by atoms with van der Waals surface area (Å²) in [4.78, 5) is 15.3. The first-order chi connectivity index (χ1) is 12.1. The lowest BCUT2D eigenvalue weighted by atomic mass is 10.2. The first kappa shape index (κ1) is 15.7. The van der Waals surface area contributed by atoms with Gasteiger partial charge < -0.3 is 0 Å². The van der Waals surface area contributed by atoms with Crippen molar-refractivity contribution in [1.29, 1.82) is 0 Å². The Kier molecular flexibility index (Phi) is 3.74. The molecule has 5 nitrogen and oxygen atoms in total. The van der Waals surface area contributed by atoms with Gasteiger partial charge in [-0.1, -0.05) is 48.5 Å². The van der Waals surface area contributed by atoms with E-state index in [1.165, 1.54) is 17.5 Å². The molecule has 7 heteroatoms. The van der Waals surface area contributed by atoms with E-state index in [0.29, 0.717) is 11.8 Å². The molecule has 0 atom stereocenters. The van der Waals surface area contributed by atoms with Gasteiger partial charge in [0, 0.05) is 10.3 Å². The molecule has 124 valence electrons. The Morgan fingerprint density at radius 1 is 1.00 bits per heavy atom. The van der Waals surface area contributed by atoms with E-state index in [4.69, 9.17) is 0 Å². The lowest BCUT2D eigenvalue weighted by molar-refractivity contribution is 0.111. The Morgan fingerprint density at radius 3 is 2.44 bits per heavy atom.